The first-order valence-electron chi connectivity index (χ1n) is 10.8. The van der Waals surface area contributed by atoms with E-state index < -0.39 is 34.7 Å². The number of furan rings is 1. The molecule has 2 N–H and O–H groups in total. The number of rotatable bonds is 6. The molecule has 0 radical (unpaired) electrons. The summed E-state index contributed by atoms with van der Waals surface area (Å²) in [5.74, 6) is -2.64. The Balaban J connectivity index is 1.34. The number of fused-ring (bicyclic) bond motifs is 3. The lowest BCUT2D eigenvalue weighted by Gasteiger charge is -2.57. The van der Waals surface area contributed by atoms with Gasteiger partial charge in [0.25, 0.3) is 11.8 Å². The van der Waals surface area contributed by atoms with Crippen LogP contribution in [-0.4, -0.2) is 29.5 Å². The number of alkyl halides is 3. The van der Waals surface area contributed by atoms with Crippen molar-refractivity contribution in [3.05, 3.63) is 52.7 Å². The highest BCUT2D eigenvalue weighted by atomic mass is 35.5. The SMILES string of the molecule is CC1CC2(NC(=O)c3coc(C(F)(F)F)c3)CCC1(NC(=O)COc1ccc(Cl)c(F)c1)CC2. The van der Waals surface area contributed by atoms with E-state index in [1.807, 2.05) is 6.92 Å². The number of ether oxygens (including phenoxy) is 1. The lowest BCUT2D eigenvalue weighted by atomic mass is 9.56. The fourth-order valence-electron chi connectivity index (χ4n) is 5.02. The van der Waals surface area contributed by atoms with Crippen LogP contribution in [0.15, 0.2) is 34.9 Å². The molecule has 1 aromatic heterocycles. The van der Waals surface area contributed by atoms with Crippen molar-refractivity contribution in [2.75, 3.05) is 6.61 Å². The van der Waals surface area contributed by atoms with Crippen LogP contribution in [0.1, 0.15) is 55.1 Å². The van der Waals surface area contributed by atoms with Crippen molar-refractivity contribution in [3.8, 4) is 5.75 Å². The molecule has 3 aliphatic rings. The Labute approximate surface area is 198 Å². The van der Waals surface area contributed by atoms with Crippen molar-refractivity contribution in [2.45, 2.75) is 56.3 Å². The van der Waals surface area contributed by atoms with Gasteiger partial charge in [-0.15, -0.1) is 0 Å². The molecule has 184 valence electrons. The average Bonchev–Trinajstić information content (AvgIpc) is 3.27. The summed E-state index contributed by atoms with van der Waals surface area (Å²) in [6, 6.07) is 4.61. The largest absolute Gasteiger partial charge is 0.484 e. The topological polar surface area (TPSA) is 80.6 Å². The van der Waals surface area contributed by atoms with Crippen LogP contribution in [0, 0.1) is 11.7 Å². The number of hydrogen-bond donors (Lipinski definition) is 2. The summed E-state index contributed by atoms with van der Waals surface area (Å²) in [5, 5.41) is 5.92. The molecule has 3 saturated carbocycles. The van der Waals surface area contributed by atoms with Gasteiger partial charge >= 0.3 is 6.18 Å². The smallest absolute Gasteiger partial charge is 0.449 e. The van der Waals surface area contributed by atoms with Gasteiger partial charge in [0.1, 0.15) is 17.8 Å². The van der Waals surface area contributed by atoms with Crippen LogP contribution in [0.25, 0.3) is 0 Å². The molecular formula is C23H23ClF4N2O4. The van der Waals surface area contributed by atoms with E-state index in [-0.39, 0.29) is 34.8 Å². The third-order valence-corrected chi connectivity index (χ3v) is 7.22. The highest BCUT2D eigenvalue weighted by Crippen LogP contribution is 2.50. The van der Waals surface area contributed by atoms with E-state index in [2.05, 4.69) is 15.1 Å². The van der Waals surface area contributed by atoms with E-state index >= 15 is 0 Å². The summed E-state index contributed by atoms with van der Waals surface area (Å²) in [6.45, 7) is 1.67. The minimum absolute atomic E-state index is 0.00214. The fourth-order valence-corrected chi connectivity index (χ4v) is 5.14. The molecule has 1 atom stereocenters. The zero-order chi connectivity index (χ0) is 24.7. The number of nitrogens with one attached hydrogen (secondary N) is 2. The predicted molar refractivity (Wildman–Crippen MR) is 114 cm³/mol. The van der Waals surface area contributed by atoms with Crippen LogP contribution < -0.4 is 15.4 Å². The van der Waals surface area contributed by atoms with E-state index in [0.717, 1.165) is 12.3 Å². The van der Waals surface area contributed by atoms with E-state index in [9.17, 15) is 27.2 Å². The van der Waals surface area contributed by atoms with Crippen molar-refractivity contribution in [1.82, 2.24) is 10.6 Å². The third kappa shape index (κ3) is 4.87. The van der Waals surface area contributed by atoms with Gasteiger partial charge in [-0.05, 0) is 50.2 Å². The Kier molecular flexibility index (Phi) is 6.30. The minimum Gasteiger partial charge on any atom is -0.484 e. The summed E-state index contributed by atoms with van der Waals surface area (Å²) < 4.78 is 61.7. The van der Waals surface area contributed by atoms with Gasteiger partial charge in [0.05, 0.1) is 10.6 Å². The fraction of sp³-hybridized carbons (Fsp3) is 0.478. The van der Waals surface area contributed by atoms with Crippen molar-refractivity contribution < 1.29 is 36.3 Å². The molecule has 34 heavy (non-hydrogen) atoms. The zero-order valence-electron chi connectivity index (χ0n) is 18.2. The third-order valence-electron chi connectivity index (χ3n) is 6.91. The molecule has 2 bridgehead atoms. The molecule has 1 unspecified atom stereocenters. The van der Waals surface area contributed by atoms with Gasteiger partial charge in [-0.25, -0.2) is 4.39 Å². The molecule has 3 fully saturated rings. The normalized spacial score (nSPS) is 26.2. The molecule has 0 aliphatic heterocycles. The first-order valence-corrected chi connectivity index (χ1v) is 11.2. The van der Waals surface area contributed by atoms with Crippen LogP contribution in [0.3, 0.4) is 0 Å². The number of amides is 2. The van der Waals surface area contributed by atoms with Crippen LogP contribution in [0.2, 0.25) is 5.02 Å². The number of halogens is 5. The molecule has 1 aromatic carbocycles. The lowest BCUT2D eigenvalue weighted by Crippen LogP contribution is -2.67. The summed E-state index contributed by atoms with van der Waals surface area (Å²) in [5.41, 5.74) is -1.21. The summed E-state index contributed by atoms with van der Waals surface area (Å²) >= 11 is 5.64. The van der Waals surface area contributed by atoms with Crippen molar-refractivity contribution in [3.63, 3.8) is 0 Å². The van der Waals surface area contributed by atoms with Gasteiger partial charge in [0.15, 0.2) is 6.61 Å². The molecule has 1 heterocycles. The maximum Gasteiger partial charge on any atom is 0.449 e. The molecule has 3 aliphatic carbocycles. The first kappa shape index (κ1) is 24.4. The number of benzene rings is 1. The van der Waals surface area contributed by atoms with Crippen LogP contribution in [0.5, 0.6) is 5.75 Å². The van der Waals surface area contributed by atoms with Crippen LogP contribution in [-0.2, 0) is 11.0 Å². The van der Waals surface area contributed by atoms with Gasteiger partial charge in [-0.2, -0.15) is 13.2 Å². The summed E-state index contributed by atoms with van der Waals surface area (Å²) in [4.78, 5) is 25.2. The van der Waals surface area contributed by atoms with Crippen molar-refractivity contribution in [1.29, 1.82) is 0 Å². The molecule has 2 aromatic rings. The summed E-state index contributed by atoms with van der Waals surface area (Å²) in [7, 11) is 0. The second-order valence-electron chi connectivity index (χ2n) is 9.11. The van der Waals surface area contributed by atoms with Crippen LogP contribution >= 0.6 is 11.6 Å². The molecule has 5 rings (SSSR count). The second-order valence-corrected chi connectivity index (χ2v) is 9.51. The maximum atomic E-state index is 13.5. The number of hydrogen-bond acceptors (Lipinski definition) is 4. The summed E-state index contributed by atoms with van der Waals surface area (Å²) in [6.07, 6.45) is -0.978. The first-order chi connectivity index (χ1) is 15.9. The van der Waals surface area contributed by atoms with E-state index in [0.29, 0.717) is 38.2 Å². The lowest BCUT2D eigenvalue weighted by molar-refractivity contribution is -0.153. The standard InChI is InChI=1S/C23H23ClF4N2O4/c1-13-10-21(30-20(32)14-8-18(34-11-14)23(26,27)28)4-6-22(13,7-5-21)29-19(31)12-33-15-2-3-16(24)17(25)9-15/h2-3,8-9,11,13H,4-7,10,12H2,1H3,(H,29,31)(H,30,32). The van der Waals surface area contributed by atoms with Gasteiger partial charge in [0.2, 0.25) is 5.76 Å². The highest BCUT2D eigenvalue weighted by Gasteiger charge is 2.54. The Morgan fingerprint density at radius 1 is 1.18 bits per heavy atom. The molecular weight excluding hydrogens is 480 g/mol. The van der Waals surface area contributed by atoms with Gasteiger partial charge in [-0.3, -0.25) is 9.59 Å². The Morgan fingerprint density at radius 3 is 2.47 bits per heavy atom. The monoisotopic (exact) mass is 502 g/mol. The van der Waals surface area contributed by atoms with E-state index in [4.69, 9.17) is 16.3 Å². The van der Waals surface area contributed by atoms with E-state index in [1.165, 1.54) is 12.1 Å². The molecule has 2 amide bonds. The minimum atomic E-state index is -4.66. The Bertz CT molecular complexity index is 1090. The van der Waals surface area contributed by atoms with Crippen molar-refractivity contribution in [2.24, 2.45) is 5.92 Å². The number of carbonyl (C=O) groups is 2. The molecule has 6 nitrogen and oxygen atoms in total. The van der Waals surface area contributed by atoms with E-state index in [1.54, 1.807) is 0 Å². The average molecular weight is 503 g/mol. The van der Waals surface area contributed by atoms with Gasteiger partial charge in [-0.1, -0.05) is 18.5 Å². The Hall–Kier alpha value is -2.75. The molecule has 0 spiro atoms. The molecule has 11 heteroatoms. The Morgan fingerprint density at radius 2 is 1.88 bits per heavy atom. The predicted octanol–water partition coefficient (Wildman–Crippen LogP) is 5.11. The van der Waals surface area contributed by atoms with Gasteiger partial charge < -0.3 is 19.8 Å². The maximum absolute atomic E-state index is 13.5. The highest BCUT2D eigenvalue weighted by molar-refractivity contribution is 6.30. The zero-order valence-corrected chi connectivity index (χ0v) is 19.0. The quantitative estimate of drug-likeness (QED) is 0.538. The van der Waals surface area contributed by atoms with Crippen molar-refractivity contribution >= 4 is 23.4 Å². The van der Waals surface area contributed by atoms with Gasteiger partial charge in [0, 0.05) is 23.2 Å². The molecule has 0 saturated heterocycles. The number of carbonyl (C=O) groups excluding carboxylic acids is 2. The second kappa shape index (κ2) is 8.79. The van der Waals surface area contributed by atoms with Crippen LogP contribution in [0.4, 0.5) is 17.6 Å².